The molecule has 80 valence electrons. The molecule has 0 heterocycles. The zero-order valence-corrected chi connectivity index (χ0v) is 8.40. The fourth-order valence-corrected chi connectivity index (χ4v) is 1.27. The first-order chi connectivity index (χ1) is 6.99. The summed E-state index contributed by atoms with van der Waals surface area (Å²) in [6.07, 6.45) is 0. The molecule has 0 saturated heterocycles. The van der Waals surface area contributed by atoms with Crippen molar-refractivity contribution in [1.82, 2.24) is 0 Å². The quantitative estimate of drug-likeness (QED) is 0.561. The van der Waals surface area contributed by atoms with Gasteiger partial charge in [0, 0.05) is 5.69 Å². The van der Waals surface area contributed by atoms with E-state index in [2.05, 4.69) is 4.74 Å². The Morgan fingerprint density at radius 2 is 2.00 bits per heavy atom. The molecule has 0 atom stereocenters. The Kier molecular flexibility index (Phi) is 2.94. The van der Waals surface area contributed by atoms with Crippen molar-refractivity contribution in [3.8, 4) is 0 Å². The second-order valence-corrected chi connectivity index (χ2v) is 3.00. The number of carboxylic acid groups (broad SMARTS) is 1. The number of nitrogens with two attached hydrogens (primary N) is 1. The van der Waals surface area contributed by atoms with Crippen molar-refractivity contribution in [2.24, 2.45) is 0 Å². The van der Waals surface area contributed by atoms with Gasteiger partial charge >= 0.3 is 11.9 Å². The van der Waals surface area contributed by atoms with E-state index in [1.54, 1.807) is 6.92 Å². The van der Waals surface area contributed by atoms with Crippen molar-refractivity contribution < 1.29 is 19.4 Å². The van der Waals surface area contributed by atoms with Gasteiger partial charge in [-0.3, -0.25) is 0 Å². The fourth-order valence-electron chi connectivity index (χ4n) is 1.27. The van der Waals surface area contributed by atoms with Crippen LogP contribution in [0.5, 0.6) is 0 Å². The number of ether oxygens (including phenoxy) is 1. The predicted molar refractivity (Wildman–Crippen MR) is 53.9 cm³/mol. The number of carbonyl (C=O) groups is 2. The van der Waals surface area contributed by atoms with Crippen LogP contribution in [-0.4, -0.2) is 24.2 Å². The van der Waals surface area contributed by atoms with Crippen LogP contribution < -0.4 is 5.73 Å². The summed E-state index contributed by atoms with van der Waals surface area (Å²) < 4.78 is 4.51. The third-order valence-corrected chi connectivity index (χ3v) is 2.13. The number of carboxylic acids is 1. The molecule has 0 fully saturated rings. The van der Waals surface area contributed by atoms with E-state index >= 15 is 0 Å². The van der Waals surface area contributed by atoms with E-state index in [9.17, 15) is 9.59 Å². The summed E-state index contributed by atoms with van der Waals surface area (Å²) >= 11 is 0. The van der Waals surface area contributed by atoms with E-state index in [0.29, 0.717) is 11.3 Å². The standard InChI is InChI=1S/C10H11NO4/c1-5-7(11)4-3-6(9(12)13)8(5)10(14)15-2/h3-4H,11H2,1-2H3,(H,12,13). The van der Waals surface area contributed by atoms with Crippen LogP contribution in [0.3, 0.4) is 0 Å². The minimum absolute atomic E-state index is 0.00463. The van der Waals surface area contributed by atoms with Gasteiger partial charge in [0.15, 0.2) is 0 Å². The third kappa shape index (κ3) is 1.90. The van der Waals surface area contributed by atoms with E-state index in [4.69, 9.17) is 10.8 Å². The average Bonchev–Trinajstić information content (AvgIpc) is 2.20. The molecule has 1 aromatic rings. The lowest BCUT2D eigenvalue weighted by atomic mass is 10.0. The van der Waals surface area contributed by atoms with Crippen LogP contribution in [0, 0.1) is 6.92 Å². The highest BCUT2D eigenvalue weighted by molar-refractivity contribution is 6.04. The number of methoxy groups -OCH3 is 1. The Morgan fingerprint density at radius 3 is 2.47 bits per heavy atom. The number of nitrogen functional groups attached to an aromatic ring is 1. The average molecular weight is 209 g/mol. The molecule has 3 N–H and O–H groups in total. The van der Waals surface area contributed by atoms with Crippen LogP contribution in [-0.2, 0) is 4.74 Å². The van der Waals surface area contributed by atoms with E-state index in [-0.39, 0.29) is 11.1 Å². The van der Waals surface area contributed by atoms with E-state index < -0.39 is 11.9 Å². The van der Waals surface area contributed by atoms with Crippen molar-refractivity contribution in [3.63, 3.8) is 0 Å². The summed E-state index contributed by atoms with van der Waals surface area (Å²) in [5, 5.41) is 8.88. The minimum Gasteiger partial charge on any atom is -0.478 e. The summed E-state index contributed by atoms with van der Waals surface area (Å²) in [5.74, 6) is -1.88. The number of carbonyl (C=O) groups excluding carboxylic acids is 1. The number of aromatic carboxylic acids is 1. The SMILES string of the molecule is COC(=O)c1c(C(=O)O)ccc(N)c1C. The molecule has 0 unspecified atom stereocenters. The maximum atomic E-state index is 11.4. The second kappa shape index (κ2) is 4.00. The molecular formula is C10H11NO4. The highest BCUT2D eigenvalue weighted by Gasteiger charge is 2.20. The fraction of sp³-hybridized carbons (Fsp3) is 0.200. The van der Waals surface area contributed by atoms with Gasteiger partial charge in [-0.15, -0.1) is 0 Å². The van der Waals surface area contributed by atoms with Gasteiger partial charge in [-0.05, 0) is 24.6 Å². The lowest BCUT2D eigenvalue weighted by molar-refractivity contribution is 0.0582. The number of esters is 1. The Hall–Kier alpha value is -2.04. The highest BCUT2D eigenvalue weighted by Crippen LogP contribution is 2.21. The molecule has 0 aliphatic carbocycles. The summed E-state index contributed by atoms with van der Waals surface area (Å²) in [6, 6.07) is 2.74. The first-order valence-corrected chi connectivity index (χ1v) is 4.19. The van der Waals surface area contributed by atoms with Crippen LogP contribution in [0.15, 0.2) is 12.1 Å². The number of hydrogen-bond acceptors (Lipinski definition) is 4. The Labute approximate surface area is 86.5 Å². The first-order valence-electron chi connectivity index (χ1n) is 4.19. The molecule has 5 nitrogen and oxygen atoms in total. The highest BCUT2D eigenvalue weighted by atomic mass is 16.5. The molecular weight excluding hydrogens is 198 g/mol. The van der Waals surface area contributed by atoms with Crippen molar-refractivity contribution in [3.05, 3.63) is 28.8 Å². The smallest absolute Gasteiger partial charge is 0.339 e. The molecule has 1 rings (SSSR count). The van der Waals surface area contributed by atoms with Gasteiger partial charge in [-0.1, -0.05) is 0 Å². The maximum absolute atomic E-state index is 11.4. The monoisotopic (exact) mass is 209 g/mol. The summed E-state index contributed by atoms with van der Waals surface area (Å²) in [6.45, 7) is 1.58. The van der Waals surface area contributed by atoms with Crippen molar-refractivity contribution in [2.45, 2.75) is 6.92 Å². The summed E-state index contributed by atoms with van der Waals surface area (Å²) in [4.78, 5) is 22.2. The molecule has 0 aliphatic rings. The predicted octanol–water partition coefficient (Wildman–Crippen LogP) is 1.06. The van der Waals surface area contributed by atoms with Crippen molar-refractivity contribution in [2.75, 3.05) is 12.8 Å². The molecule has 0 saturated carbocycles. The molecule has 0 aromatic heterocycles. The topological polar surface area (TPSA) is 89.6 Å². The molecule has 0 amide bonds. The van der Waals surface area contributed by atoms with Crippen LogP contribution in [0.1, 0.15) is 26.3 Å². The third-order valence-electron chi connectivity index (χ3n) is 2.13. The molecule has 15 heavy (non-hydrogen) atoms. The van der Waals surface area contributed by atoms with Gasteiger partial charge in [0.25, 0.3) is 0 Å². The number of hydrogen-bond donors (Lipinski definition) is 2. The minimum atomic E-state index is -1.18. The van der Waals surface area contributed by atoms with Crippen molar-refractivity contribution >= 4 is 17.6 Å². The first kappa shape index (κ1) is 11.0. The summed E-state index contributed by atoms with van der Waals surface area (Å²) in [5.41, 5.74) is 6.26. The molecule has 0 radical (unpaired) electrons. The van der Waals surface area contributed by atoms with Gasteiger partial charge in [0.1, 0.15) is 0 Å². The summed E-state index contributed by atoms with van der Waals surface area (Å²) in [7, 11) is 1.19. The van der Waals surface area contributed by atoms with E-state index in [1.807, 2.05) is 0 Å². The molecule has 0 bridgehead atoms. The Bertz CT molecular complexity index is 426. The number of rotatable bonds is 2. The largest absolute Gasteiger partial charge is 0.478 e. The van der Waals surface area contributed by atoms with Crippen LogP contribution >= 0.6 is 0 Å². The lowest BCUT2D eigenvalue weighted by Crippen LogP contribution is -2.13. The number of benzene rings is 1. The molecule has 0 spiro atoms. The van der Waals surface area contributed by atoms with Crippen LogP contribution in [0.4, 0.5) is 5.69 Å². The zero-order valence-electron chi connectivity index (χ0n) is 8.40. The van der Waals surface area contributed by atoms with Gasteiger partial charge in [0.2, 0.25) is 0 Å². The van der Waals surface area contributed by atoms with Crippen molar-refractivity contribution in [1.29, 1.82) is 0 Å². The number of anilines is 1. The van der Waals surface area contributed by atoms with Crippen LogP contribution in [0.2, 0.25) is 0 Å². The molecule has 5 heteroatoms. The molecule has 0 aliphatic heterocycles. The van der Waals surface area contributed by atoms with Gasteiger partial charge in [-0.25, -0.2) is 9.59 Å². The van der Waals surface area contributed by atoms with Gasteiger partial charge < -0.3 is 15.6 Å². The zero-order chi connectivity index (χ0) is 11.6. The second-order valence-electron chi connectivity index (χ2n) is 3.00. The van der Waals surface area contributed by atoms with Gasteiger partial charge in [-0.2, -0.15) is 0 Å². The normalized spacial score (nSPS) is 9.73. The molecule has 1 aromatic carbocycles. The van der Waals surface area contributed by atoms with Crippen LogP contribution in [0.25, 0.3) is 0 Å². The Morgan fingerprint density at radius 1 is 1.40 bits per heavy atom. The van der Waals surface area contributed by atoms with Gasteiger partial charge in [0.05, 0.1) is 18.2 Å². The Balaban J connectivity index is 3.48. The van der Waals surface area contributed by atoms with E-state index in [1.165, 1.54) is 19.2 Å². The maximum Gasteiger partial charge on any atom is 0.339 e. The van der Waals surface area contributed by atoms with E-state index in [0.717, 1.165) is 0 Å². The lowest BCUT2D eigenvalue weighted by Gasteiger charge is -2.09.